The molecule has 7 heteroatoms. The van der Waals surface area contributed by atoms with Gasteiger partial charge in [-0.2, -0.15) is 5.10 Å². The van der Waals surface area contributed by atoms with E-state index < -0.39 is 0 Å². The number of ether oxygens (including phenoxy) is 1. The molecule has 2 heterocycles. The third-order valence-electron chi connectivity index (χ3n) is 5.89. The average molecular weight is 447 g/mol. The zero-order valence-corrected chi connectivity index (χ0v) is 19.2. The lowest BCUT2D eigenvalue weighted by molar-refractivity contribution is -0.131. The zero-order valence-electron chi connectivity index (χ0n) is 19.2. The molecule has 0 spiro atoms. The summed E-state index contributed by atoms with van der Waals surface area (Å²) in [7, 11) is 0. The van der Waals surface area contributed by atoms with Crippen LogP contribution in [0.25, 0.3) is 11.3 Å². The molecule has 1 aromatic heterocycles. The molecule has 0 radical (unpaired) electrons. The molecular weight excluding hydrogens is 416 g/mol. The molecule has 0 unspecified atom stereocenters. The summed E-state index contributed by atoms with van der Waals surface area (Å²) in [6.07, 6.45) is 0.250. The van der Waals surface area contributed by atoms with Gasteiger partial charge in [-0.3, -0.25) is 9.59 Å². The Morgan fingerprint density at radius 3 is 2.42 bits per heavy atom. The molecule has 172 valence electrons. The first-order chi connectivity index (χ1) is 16.0. The van der Waals surface area contributed by atoms with E-state index in [9.17, 15) is 9.59 Å². The SMILES string of the molecule is CCOc1ccccc1N1CCN(C(=O)CCn2nc(-c3ccc(C)cc3)ccc2=O)CC1. The summed E-state index contributed by atoms with van der Waals surface area (Å²) in [4.78, 5) is 29.2. The van der Waals surface area contributed by atoms with E-state index in [1.807, 2.05) is 61.2 Å². The van der Waals surface area contributed by atoms with Gasteiger partial charge in [-0.05, 0) is 32.0 Å². The Morgan fingerprint density at radius 2 is 1.70 bits per heavy atom. The molecule has 1 fully saturated rings. The molecule has 2 aromatic carbocycles. The van der Waals surface area contributed by atoms with Crippen LogP contribution in [0.2, 0.25) is 0 Å². The van der Waals surface area contributed by atoms with E-state index in [0.717, 1.165) is 35.8 Å². The van der Waals surface area contributed by atoms with E-state index in [1.54, 1.807) is 6.07 Å². The third-order valence-corrected chi connectivity index (χ3v) is 5.89. The van der Waals surface area contributed by atoms with Gasteiger partial charge in [0.05, 0.1) is 24.5 Å². The maximum atomic E-state index is 12.8. The van der Waals surface area contributed by atoms with Gasteiger partial charge in [-0.15, -0.1) is 0 Å². The molecule has 0 atom stereocenters. The minimum Gasteiger partial charge on any atom is -0.492 e. The highest BCUT2D eigenvalue weighted by Crippen LogP contribution is 2.28. The van der Waals surface area contributed by atoms with Crippen LogP contribution in [-0.2, 0) is 11.3 Å². The fraction of sp³-hybridized carbons (Fsp3) is 0.346. The standard InChI is InChI=1S/C26H30N4O3/c1-3-33-24-7-5-4-6-23(24)28-16-18-29(19-17-28)25(31)14-15-30-26(32)13-12-22(27-30)21-10-8-20(2)9-11-21/h4-13H,3,14-19H2,1-2H3. The first-order valence-electron chi connectivity index (χ1n) is 11.4. The van der Waals surface area contributed by atoms with Crippen LogP contribution in [-0.4, -0.2) is 53.4 Å². The highest BCUT2D eigenvalue weighted by molar-refractivity contribution is 5.76. The number of carbonyl (C=O) groups is 1. The molecule has 4 rings (SSSR count). The molecule has 1 aliphatic rings. The minimum absolute atomic E-state index is 0.0437. The van der Waals surface area contributed by atoms with Crippen molar-refractivity contribution in [3.05, 3.63) is 76.6 Å². The van der Waals surface area contributed by atoms with Crippen molar-refractivity contribution in [3.8, 4) is 17.0 Å². The number of nitrogens with zero attached hydrogens (tertiary/aromatic N) is 4. The maximum absolute atomic E-state index is 12.8. The van der Waals surface area contributed by atoms with Crippen LogP contribution in [0.1, 0.15) is 18.9 Å². The van der Waals surface area contributed by atoms with Crippen molar-refractivity contribution in [1.82, 2.24) is 14.7 Å². The van der Waals surface area contributed by atoms with Crippen LogP contribution < -0.4 is 15.2 Å². The van der Waals surface area contributed by atoms with Gasteiger partial charge in [0, 0.05) is 44.2 Å². The monoisotopic (exact) mass is 446 g/mol. The molecule has 1 amide bonds. The lowest BCUT2D eigenvalue weighted by Gasteiger charge is -2.36. The second-order valence-corrected chi connectivity index (χ2v) is 8.16. The smallest absolute Gasteiger partial charge is 0.266 e. The van der Waals surface area contributed by atoms with E-state index in [0.29, 0.717) is 19.7 Å². The molecule has 3 aromatic rings. The normalized spacial score (nSPS) is 13.8. The number of benzene rings is 2. The molecule has 0 saturated carbocycles. The lowest BCUT2D eigenvalue weighted by atomic mass is 10.1. The summed E-state index contributed by atoms with van der Waals surface area (Å²) in [6.45, 7) is 7.67. The number of aryl methyl sites for hydroxylation is 2. The fourth-order valence-corrected chi connectivity index (χ4v) is 4.04. The predicted octanol–water partition coefficient (Wildman–Crippen LogP) is 3.36. The van der Waals surface area contributed by atoms with E-state index in [-0.39, 0.29) is 24.4 Å². The molecular formula is C26H30N4O3. The van der Waals surface area contributed by atoms with Crippen molar-refractivity contribution < 1.29 is 9.53 Å². The summed E-state index contributed by atoms with van der Waals surface area (Å²) in [5.74, 6) is 0.917. The van der Waals surface area contributed by atoms with Crippen LogP contribution in [0.4, 0.5) is 5.69 Å². The first kappa shape index (κ1) is 22.6. The van der Waals surface area contributed by atoms with Crippen LogP contribution in [0.5, 0.6) is 5.75 Å². The summed E-state index contributed by atoms with van der Waals surface area (Å²) < 4.78 is 7.14. The van der Waals surface area contributed by atoms with Gasteiger partial charge in [0.1, 0.15) is 5.75 Å². The number of anilines is 1. The Bertz CT molecular complexity index is 1150. The van der Waals surface area contributed by atoms with Crippen LogP contribution in [0.15, 0.2) is 65.5 Å². The van der Waals surface area contributed by atoms with E-state index in [2.05, 4.69) is 16.1 Å². The summed E-state index contributed by atoms with van der Waals surface area (Å²) in [6, 6.07) is 19.3. The van der Waals surface area contributed by atoms with Crippen molar-refractivity contribution >= 4 is 11.6 Å². The molecule has 0 N–H and O–H groups in total. The highest BCUT2D eigenvalue weighted by atomic mass is 16.5. The van der Waals surface area contributed by atoms with Crippen LogP contribution in [0.3, 0.4) is 0 Å². The van der Waals surface area contributed by atoms with Gasteiger partial charge in [0.25, 0.3) is 5.56 Å². The van der Waals surface area contributed by atoms with Crippen LogP contribution >= 0.6 is 0 Å². The Balaban J connectivity index is 1.35. The predicted molar refractivity (Wildman–Crippen MR) is 130 cm³/mol. The minimum atomic E-state index is -0.198. The van der Waals surface area contributed by atoms with Gasteiger partial charge >= 0.3 is 0 Å². The second-order valence-electron chi connectivity index (χ2n) is 8.16. The molecule has 1 saturated heterocycles. The molecule has 33 heavy (non-hydrogen) atoms. The molecule has 7 nitrogen and oxygen atoms in total. The Kier molecular flexibility index (Phi) is 7.07. The van der Waals surface area contributed by atoms with Gasteiger partial charge < -0.3 is 14.5 Å². The van der Waals surface area contributed by atoms with E-state index in [1.165, 1.54) is 16.3 Å². The summed E-state index contributed by atoms with van der Waals surface area (Å²) >= 11 is 0. The van der Waals surface area contributed by atoms with E-state index in [4.69, 9.17) is 4.74 Å². The fourth-order valence-electron chi connectivity index (χ4n) is 4.04. The number of carbonyl (C=O) groups excluding carboxylic acids is 1. The Morgan fingerprint density at radius 1 is 0.970 bits per heavy atom. The average Bonchev–Trinajstić information content (AvgIpc) is 2.84. The number of aromatic nitrogens is 2. The number of hydrogen-bond acceptors (Lipinski definition) is 5. The van der Waals surface area contributed by atoms with Crippen molar-refractivity contribution in [2.75, 3.05) is 37.7 Å². The van der Waals surface area contributed by atoms with Crippen molar-refractivity contribution in [1.29, 1.82) is 0 Å². The lowest BCUT2D eigenvalue weighted by Crippen LogP contribution is -2.49. The number of rotatable bonds is 7. The summed E-state index contributed by atoms with van der Waals surface area (Å²) in [5, 5.41) is 4.48. The Labute approximate surface area is 194 Å². The first-order valence-corrected chi connectivity index (χ1v) is 11.4. The number of para-hydroxylation sites is 2. The van der Waals surface area contributed by atoms with Crippen LogP contribution in [0, 0.1) is 6.92 Å². The van der Waals surface area contributed by atoms with Crippen molar-refractivity contribution in [2.24, 2.45) is 0 Å². The van der Waals surface area contributed by atoms with Gasteiger partial charge in [-0.25, -0.2) is 4.68 Å². The Hall–Kier alpha value is -3.61. The second kappa shape index (κ2) is 10.3. The maximum Gasteiger partial charge on any atom is 0.266 e. The largest absolute Gasteiger partial charge is 0.492 e. The molecule has 0 bridgehead atoms. The van der Waals surface area contributed by atoms with Crippen molar-refractivity contribution in [3.63, 3.8) is 0 Å². The topological polar surface area (TPSA) is 67.7 Å². The van der Waals surface area contributed by atoms with Gasteiger partial charge in [0.2, 0.25) is 5.91 Å². The van der Waals surface area contributed by atoms with E-state index >= 15 is 0 Å². The van der Waals surface area contributed by atoms with Crippen molar-refractivity contribution in [2.45, 2.75) is 26.8 Å². The van der Waals surface area contributed by atoms with Gasteiger partial charge in [0.15, 0.2) is 0 Å². The highest BCUT2D eigenvalue weighted by Gasteiger charge is 2.23. The third kappa shape index (κ3) is 5.42. The quantitative estimate of drug-likeness (QED) is 0.557. The number of piperazine rings is 1. The summed E-state index contributed by atoms with van der Waals surface area (Å²) in [5.41, 5.74) is 3.71. The molecule has 1 aliphatic heterocycles. The molecule has 0 aliphatic carbocycles. The number of hydrogen-bond donors (Lipinski definition) is 0. The van der Waals surface area contributed by atoms with Gasteiger partial charge in [-0.1, -0.05) is 42.0 Å². The number of amides is 1. The zero-order chi connectivity index (χ0) is 23.2.